The van der Waals surface area contributed by atoms with E-state index >= 15 is 0 Å². The molecule has 0 fully saturated rings. The van der Waals surface area contributed by atoms with E-state index in [4.69, 9.17) is 21.0 Å². The second-order valence-electron chi connectivity index (χ2n) is 5.34. The number of carbonyl (C=O) groups is 1. The van der Waals surface area contributed by atoms with Gasteiger partial charge in [0.15, 0.2) is 5.82 Å². The number of anilines is 2. The van der Waals surface area contributed by atoms with Crippen LogP contribution in [0, 0.1) is 22.7 Å². The molecule has 1 heterocycles. The molecule has 0 saturated heterocycles. The standard InChI is InChI=1S/C18H18N6O3/c1-26-18(25)13-4-6-14(7-5-13)27-17-15(21)16(22-12-23-17)24(10-2-8-19)11-3-9-20/h4-7,12H,2-3,10-11,21H2,1H3. The van der Waals surface area contributed by atoms with Crippen LogP contribution in [0.4, 0.5) is 11.5 Å². The third-order valence-corrected chi connectivity index (χ3v) is 3.60. The molecule has 9 heteroatoms. The topological polar surface area (TPSA) is 138 Å². The highest BCUT2D eigenvalue weighted by molar-refractivity contribution is 5.89. The molecule has 1 aromatic carbocycles. The number of carbonyl (C=O) groups excluding carboxylic acids is 1. The summed E-state index contributed by atoms with van der Waals surface area (Å²) in [5, 5.41) is 17.6. The molecule has 0 spiro atoms. The number of nitrogens with two attached hydrogens (primary N) is 1. The number of nitrogen functional groups attached to an aromatic ring is 1. The summed E-state index contributed by atoms with van der Waals surface area (Å²) < 4.78 is 10.3. The van der Waals surface area contributed by atoms with Crippen molar-refractivity contribution >= 4 is 17.5 Å². The van der Waals surface area contributed by atoms with Gasteiger partial charge >= 0.3 is 5.97 Å². The molecule has 0 unspecified atom stereocenters. The van der Waals surface area contributed by atoms with Crippen molar-refractivity contribution < 1.29 is 14.3 Å². The highest BCUT2D eigenvalue weighted by Gasteiger charge is 2.16. The fourth-order valence-corrected chi connectivity index (χ4v) is 2.29. The zero-order valence-electron chi connectivity index (χ0n) is 14.8. The Kier molecular flexibility index (Phi) is 6.91. The minimum atomic E-state index is -0.448. The van der Waals surface area contributed by atoms with Crippen LogP contribution < -0.4 is 15.4 Å². The minimum absolute atomic E-state index is 0.143. The van der Waals surface area contributed by atoms with E-state index in [2.05, 4.69) is 26.8 Å². The molecule has 0 aliphatic heterocycles. The molecule has 27 heavy (non-hydrogen) atoms. The largest absolute Gasteiger partial charge is 0.465 e. The van der Waals surface area contributed by atoms with Crippen LogP contribution in [-0.2, 0) is 4.74 Å². The van der Waals surface area contributed by atoms with Crippen LogP contribution >= 0.6 is 0 Å². The first-order chi connectivity index (χ1) is 13.1. The number of esters is 1. The summed E-state index contributed by atoms with van der Waals surface area (Å²) >= 11 is 0. The van der Waals surface area contributed by atoms with Gasteiger partial charge in [-0.2, -0.15) is 15.5 Å². The van der Waals surface area contributed by atoms with Crippen LogP contribution in [0.1, 0.15) is 23.2 Å². The molecule has 9 nitrogen and oxygen atoms in total. The van der Waals surface area contributed by atoms with Crippen molar-refractivity contribution in [1.29, 1.82) is 10.5 Å². The van der Waals surface area contributed by atoms with E-state index in [-0.39, 0.29) is 24.4 Å². The van der Waals surface area contributed by atoms with Crippen molar-refractivity contribution in [2.24, 2.45) is 0 Å². The molecule has 0 aliphatic rings. The molecule has 0 amide bonds. The zero-order chi connectivity index (χ0) is 19.6. The number of benzene rings is 1. The van der Waals surface area contributed by atoms with Gasteiger partial charge in [-0.1, -0.05) is 0 Å². The molecule has 0 bridgehead atoms. The molecule has 0 saturated carbocycles. The van der Waals surface area contributed by atoms with Gasteiger partial charge in [-0.25, -0.2) is 9.78 Å². The molecular formula is C18H18N6O3. The van der Waals surface area contributed by atoms with Crippen LogP contribution in [0.15, 0.2) is 30.6 Å². The van der Waals surface area contributed by atoms with Crippen LogP contribution in [0.25, 0.3) is 0 Å². The highest BCUT2D eigenvalue weighted by atomic mass is 16.5. The average Bonchev–Trinajstić information content (AvgIpc) is 2.70. The Balaban J connectivity index is 2.23. The van der Waals surface area contributed by atoms with Crippen LogP contribution in [-0.4, -0.2) is 36.1 Å². The normalized spacial score (nSPS) is 9.74. The van der Waals surface area contributed by atoms with Crippen LogP contribution in [0.2, 0.25) is 0 Å². The van der Waals surface area contributed by atoms with E-state index in [9.17, 15) is 4.79 Å². The lowest BCUT2D eigenvalue weighted by atomic mass is 10.2. The van der Waals surface area contributed by atoms with Crippen molar-refractivity contribution in [3.05, 3.63) is 36.2 Å². The molecule has 1 aromatic heterocycles. The summed E-state index contributed by atoms with van der Waals surface area (Å²) in [6.07, 6.45) is 1.83. The van der Waals surface area contributed by atoms with Gasteiger partial charge in [-0.3, -0.25) is 0 Å². The number of rotatable bonds is 8. The minimum Gasteiger partial charge on any atom is -0.465 e. The summed E-state index contributed by atoms with van der Waals surface area (Å²) in [5.74, 6) is 0.525. The first kappa shape index (κ1) is 19.5. The maximum absolute atomic E-state index is 11.5. The van der Waals surface area contributed by atoms with E-state index < -0.39 is 5.97 Å². The summed E-state index contributed by atoms with van der Waals surface area (Å²) in [5.41, 5.74) is 6.73. The number of ether oxygens (including phenoxy) is 2. The van der Waals surface area contributed by atoms with Gasteiger partial charge in [-0.05, 0) is 24.3 Å². The molecule has 0 atom stereocenters. The molecule has 0 aliphatic carbocycles. The van der Waals surface area contributed by atoms with Gasteiger partial charge in [0.25, 0.3) is 0 Å². The number of nitriles is 2. The third kappa shape index (κ3) is 5.06. The van der Waals surface area contributed by atoms with Gasteiger partial charge in [0.05, 0.1) is 37.7 Å². The monoisotopic (exact) mass is 366 g/mol. The van der Waals surface area contributed by atoms with E-state index in [1.54, 1.807) is 29.2 Å². The fraction of sp³-hybridized carbons (Fsp3) is 0.278. The second-order valence-corrected chi connectivity index (χ2v) is 5.34. The number of methoxy groups -OCH3 is 1. The van der Waals surface area contributed by atoms with Crippen molar-refractivity contribution in [1.82, 2.24) is 9.97 Å². The second kappa shape index (κ2) is 9.59. The van der Waals surface area contributed by atoms with E-state index in [1.165, 1.54) is 13.4 Å². The fourth-order valence-electron chi connectivity index (χ4n) is 2.29. The molecule has 2 N–H and O–H groups in total. The van der Waals surface area contributed by atoms with Gasteiger partial charge < -0.3 is 20.1 Å². The predicted octanol–water partition coefficient (Wildman–Crippen LogP) is 2.27. The van der Waals surface area contributed by atoms with Gasteiger partial charge in [0.2, 0.25) is 5.88 Å². The van der Waals surface area contributed by atoms with E-state index in [0.717, 1.165) is 0 Å². The summed E-state index contributed by atoms with van der Waals surface area (Å²) in [4.78, 5) is 21.4. The quantitative estimate of drug-likeness (QED) is 0.697. The van der Waals surface area contributed by atoms with E-state index in [0.29, 0.717) is 30.2 Å². The first-order valence-corrected chi connectivity index (χ1v) is 8.06. The number of aromatic nitrogens is 2. The molecule has 2 rings (SSSR count). The average molecular weight is 366 g/mol. The Labute approximate surface area is 156 Å². The molecule has 0 radical (unpaired) electrons. The Hall–Kier alpha value is -3.85. The van der Waals surface area contributed by atoms with Crippen molar-refractivity contribution in [2.45, 2.75) is 12.8 Å². The molecule has 2 aromatic rings. The van der Waals surface area contributed by atoms with Gasteiger partial charge in [0.1, 0.15) is 17.8 Å². The summed E-state index contributed by atoms with van der Waals surface area (Å²) in [7, 11) is 1.31. The third-order valence-electron chi connectivity index (χ3n) is 3.60. The Morgan fingerprint density at radius 1 is 1.15 bits per heavy atom. The Morgan fingerprint density at radius 3 is 2.33 bits per heavy atom. The smallest absolute Gasteiger partial charge is 0.337 e. The van der Waals surface area contributed by atoms with Crippen LogP contribution in [0.5, 0.6) is 11.6 Å². The summed E-state index contributed by atoms with van der Waals surface area (Å²) in [6, 6.07) is 10.4. The molecule has 138 valence electrons. The number of hydrogen-bond donors (Lipinski definition) is 1. The lowest BCUT2D eigenvalue weighted by Crippen LogP contribution is -2.27. The molecular weight excluding hydrogens is 348 g/mol. The van der Waals surface area contributed by atoms with Gasteiger partial charge in [0, 0.05) is 13.1 Å². The first-order valence-electron chi connectivity index (χ1n) is 8.06. The van der Waals surface area contributed by atoms with Crippen LogP contribution in [0.3, 0.4) is 0 Å². The van der Waals surface area contributed by atoms with Crippen molar-refractivity contribution in [2.75, 3.05) is 30.8 Å². The Morgan fingerprint density at radius 2 is 1.78 bits per heavy atom. The summed E-state index contributed by atoms with van der Waals surface area (Å²) in [6.45, 7) is 0.763. The lowest BCUT2D eigenvalue weighted by molar-refractivity contribution is 0.0600. The van der Waals surface area contributed by atoms with Gasteiger partial charge in [-0.15, -0.1) is 0 Å². The predicted molar refractivity (Wildman–Crippen MR) is 97.0 cm³/mol. The van der Waals surface area contributed by atoms with Crippen molar-refractivity contribution in [3.8, 4) is 23.8 Å². The SMILES string of the molecule is COC(=O)c1ccc(Oc2ncnc(N(CCC#N)CCC#N)c2N)cc1. The zero-order valence-corrected chi connectivity index (χ0v) is 14.8. The lowest BCUT2D eigenvalue weighted by Gasteiger charge is -2.23. The maximum atomic E-state index is 11.5. The highest BCUT2D eigenvalue weighted by Crippen LogP contribution is 2.31. The maximum Gasteiger partial charge on any atom is 0.337 e. The van der Waals surface area contributed by atoms with E-state index in [1.807, 2.05) is 0 Å². The Bertz CT molecular complexity index is 852. The number of nitrogens with zero attached hydrogens (tertiary/aromatic N) is 5. The van der Waals surface area contributed by atoms with Crippen molar-refractivity contribution in [3.63, 3.8) is 0 Å². The number of hydrogen-bond acceptors (Lipinski definition) is 9.